The summed E-state index contributed by atoms with van der Waals surface area (Å²) < 4.78 is 5.76. The van der Waals surface area contributed by atoms with Crippen LogP contribution in [0.3, 0.4) is 0 Å². The average Bonchev–Trinajstić information content (AvgIpc) is 2.53. The smallest absolute Gasteiger partial charge is 0.138 e. The lowest BCUT2D eigenvalue weighted by molar-refractivity contribution is 0.302. The van der Waals surface area contributed by atoms with Gasteiger partial charge in [-0.25, -0.2) is 4.98 Å². The third-order valence-corrected chi connectivity index (χ3v) is 4.13. The maximum atomic E-state index is 6.20. The first-order valence-corrected chi connectivity index (χ1v) is 8.08. The minimum Gasteiger partial charge on any atom is -0.486 e. The van der Waals surface area contributed by atoms with E-state index in [-0.39, 0.29) is 0 Å². The number of hydrogen-bond acceptors (Lipinski definition) is 2. The van der Waals surface area contributed by atoms with Gasteiger partial charge in [0, 0.05) is 10.7 Å². The third kappa shape index (κ3) is 3.36. The molecule has 21 heavy (non-hydrogen) atoms. The van der Waals surface area contributed by atoms with E-state index in [1.807, 2.05) is 48.5 Å². The predicted octanol–water partition coefficient (Wildman–Crippen LogP) is 5.36. The Morgan fingerprint density at radius 1 is 1.05 bits per heavy atom. The van der Waals surface area contributed by atoms with E-state index in [1.165, 1.54) is 0 Å². The maximum absolute atomic E-state index is 6.20. The van der Waals surface area contributed by atoms with Gasteiger partial charge in [-0.3, -0.25) is 0 Å². The molecule has 0 N–H and O–H groups in total. The van der Waals surface area contributed by atoms with Gasteiger partial charge in [0.1, 0.15) is 12.4 Å². The molecule has 3 rings (SSSR count). The van der Waals surface area contributed by atoms with Crippen LogP contribution in [0.5, 0.6) is 5.75 Å². The molecule has 106 valence electrons. The number of para-hydroxylation sites is 1. The molecule has 1 heterocycles. The summed E-state index contributed by atoms with van der Waals surface area (Å²) in [6.45, 7) is 0.401. The fourth-order valence-electron chi connectivity index (χ4n) is 2.08. The van der Waals surface area contributed by atoms with Crippen molar-refractivity contribution in [3.63, 3.8) is 0 Å². The van der Waals surface area contributed by atoms with Crippen LogP contribution in [0.4, 0.5) is 0 Å². The quantitative estimate of drug-likeness (QED) is 0.583. The van der Waals surface area contributed by atoms with Crippen molar-refractivity contribution in [2.45, 2.75) is 11.9 Å². The Morgan fingerprint density at radius 3 is 2.71 bits per heavy atom. The molecule has 0 unspecified atom stereocenters. The number of nitrogens with zero attached hydrogens (tertiary/aromatic N) is 1. The Bertz CT molecular complexity index is 776. The van der Waals surface area contributed by atoms with Crippen LogP contribution in [0.15, 0.2) is 54.6 Å². The fourth-order valence-corrected chi connectivity index (χ4v) is 2.69. The van der Waals surface area contributed by atoms with E-state index in [4.69, 9.17) is 16.3 Å². The lowest BCUT2D eigenvalue weighted by atomic mass is 10.2. The highest BCUT2D eigenvalue weighted by Crippen LogP contribution is 2.27. The number of halogens is 2. The van der Waals surface area contributed by atoms with E-state index in [0.29, 0.717) is 17.4 Å². The summed E-state index contributed by atoms with van der Waals surface area (Å²) in [5.74, 6) is 0.677. The second-order valence-corrected chi connectivity index (χ2v) is 5.65. The van der Waals surface area contributed by atoms with Gasteiger partial charge in [0.15, 0.2) is 0 Å². The van der Waals surface area contributed by atoms with Crippen LogP contribution in [0.2, 0.25) is 5.02 Å². The van der Waals surface area contributed by atoms with Gasteiger partial charge in [0.05, 0.1) is 16.2 Å². The van der Waals surface area contributed by atoms with Crippen LogP contribution in [-0.4, -0.2) is 4.98 Å². The number of pyridine rings is 1. The molecule has 0 fully saturated rings. The standard InChI is InChI=1S/C17H13BrClNO/c18-10-12-5-8-17(15(19)9-12)21-11-14-7-6-13-3-1-2-4-16(13)20-14/h1-9H,10-11H2. The molecule has 0 bridgehead atoms. The molecular formula is C17H13BrClNO. The summed E-state index contributed by atoms with van der Waals surface area (Å²) in [6.07, 6.45) is 0. The van der Waals surface area contributed by atoms with Crippen molar-refractivity contribution in [1.29, 1.82) is 0 Å². The molecule has 0 aliphatic heterocycles. The van der Waals surface area contributed by atoms with E-state index in [2.05, 4.69) is 27.0 Å². The number of rotatable bonds is 4. The maximum Gasteiger partial charge on any atom is 0.138 e. The van der Waals surface area contributed by atoms with Crippen LogP contribution in [-0.2, 0) is 11.9 Å². The second-order valence-electron chi connectivity index (χ2n) is 4.68. The number of fused-ring (bicyclic) bond motifs is 1. The van der Waals surface area contributed by atoms with Crippen LogP contribution in [0, 0.1) is 0 Å². The highest BCUT2D eigenvalue weighted by atomic mass is 79.9. The molecule has 2 nitrogen and oxygen atoms in total. The molecule has 0 saturated heterocycles. The van der Waals surface area contributed by atoms with Gasteiger partial charge in [-0.05, 0) is 29.8 Å². The van der Waals surface area contributed by atoms with E-state index in [1.54, 1.807) is 0 Å². The van der Waals surface area contributed by atoms with Crippen molar-refractivity contribution in [3.05, 3.63) is 70.9 Å². The Morgan fingerprint density at radius 2 is 1.90 bits per heavy atom. The number of alkyl halides is 1. The van der Waals surface area contributed by atoms with Gasteiger partial charge in [-0.15, -0.1) is 0 Å². The van der Waals surface area contributed by atoms with Crippen molar-refractivity contribution in [3.8, 4) is 5.75 Å². The topological polar surface area (TPSA) is 22.1 Å². The highest BCUT2D eigenvalue weighted by molar-refractivity contribution is 9.08. The average molecular weight is 363 g/mol. The summed E-state index contributed by atoms with van der Waals surface area (Å²) in [6, 6.07) is 17.8. The normalized spacial score (nSPS) is 10.8. The Hall–Kier alpha value is -1.58. The number of aromatic nitrogens is 1. The van der Waals surface area contributed by atoms with E-state index in [9.17, 15) is 0 Å². The number of ether oxygens (including phenoxy) is 1. The largest absolute Gasteiger partial charge is 0.486 e. The first-order chi connectivity index (χ1) is 10.3. The SMILES string of the molecule is Clc1cc(CBr)ccc1OCc1ccc2ccccc2n1. The molecule has 1 aromatic heterocycles. The zero-order chi connectivity index (χ0) is 14.7. The molecule has 4 heteroatoms. The Labute approximate surface area is 136 Å². The van der Waals surface area contributed by atoms with Gasteiger partial charge in [0.25, 0.3) is 0 Å². The number of benzene rings is 2. The summed E-state index contributed by atoms with van der Waals surface area (Å²) in [5.41, 5.74) is 2.98. The van der Waals surface area contributed by atoms with E-state index >= 15 is 0 Å². The van der Waals surface area contributed by atoms with Crippen molar-refractivity contribution < 1.29 is 4.74 Å². The zero-order valence-corrected chi connectivity index (χ0v) is 13.6. The molecule has 0 atom stereocenters. The monoisotopic (exact) mass is 361 g/mol. The van der Waals surface area contributed by atoms with Crippen molar-refractivity contribution >= 4 is 38.4 Å². The summed E-state index contributed by atoms with van der Waals surface area (Å²) in [4.78, 5) is 4.58. The fraction of sp³-hybridized carbons (Fsp3) is 0.118. The first-order valence-electron chi connectivity index (χ1n) is 6.58. The molecule has 0 amide bonds. The Balaban J connectivity index is 1.77. The summed E-state index contributed by atoms with van der Waals surface area (Å²) in [5, 5.41) is 2.52. The molecular weight excluding hydrogens is 350 g/mol. The predicted molar refractivity (Wildman–Crippen MR) is 90.2 cm³/mol. The van der Waals surface area contributed by atoms with Gasteiger partial charge >= 0.3 is 0 Å². The van der Waals surface area contributed by atoms with Gasteiger partial charge < -0.3 is 4.74 Å². The lowest BCUT2D eigenvalue weighted by Gasteiger charge is -2.09. The lowest BCUT2D eigenvalue weighted by Crippen LogP contribution is -1.99. The minimum absolute atomic E-state index is 0.401. The van der Waals surface area contributed by atoms with Crippen LogP contribution >= 0.6 is 27.5 Å². The molecule has 3 aromatic rings. The van der Waals surface area contributed by atoms with E-state index < -0.39 is 0 Å². The zero-order valence-electron chi connectivity index (χ0n) is 11.2. The summed E-state index contributed by atoms with van der Waals surface area (Å²) in [7, 11) is 0. The third-order valence-electron chi connectivity index (χ3n) is 3.18. The molecule has 0 saturated carbocycles. The molecule has 0 aliphatic carbocycles. The van der Waals surface area contributed by atoms with Gasteiger partial charge in [-0.1, -0.05) is 57.9 Å². The van der Waals surface area contributed by atoms with Crippen LogP contribution < -0.4 is 4.74 Å². The van der Waals surface area contributed by atoms with Crippen molar-refractivity contribution in [2.75, 3.05) is 0 Å². The molecule has 0 spiro atoms. The molecule has 0 radical (unpaired) electrons. The Kier molecular flexibility index (Phi) is 4.42. The van der Waals surface area contributed by atoms with Gasteiger partial charge in [0.2, 0.25) is 0 Å². The van der Waals surface area contributed by atoms with Gasteiger partial charge in [-0.2, -0.15) is 0 Å². The second kappa shape index (κ2) is 6.46. The van der Waals surface area contributed by atoms with Crippen LogP contribution in [0.1, 0.15) is 11.3 Å². The van der Waals surface area contributed by atoms with Crippen molar-refractivity contribution in [2.24, 2.45) is 0 Å². The van der Waals surface area contributed by atoms with Crippen molar-refractivity contribution in [1.82, 2.24) is 4.98 Å². The molecule has 2 aromatic carbocycles. The number of hydrogen-bond donors (Lipinski definition) is 0. The summed E-state index contributed by atoms with van der Waals surface area (Å²) >= 11 is 9.61. The first kappa shape index (κ1) is 14.4. The molecule has 0 aliphatic rings. The minimum atomic E-state index is 0.401. The van der Waals surface area contributed by atoms with E-state index in [0.717, 1.165) is 27.5 Å². The van der Waals surface area contributed by atoms with Crippen LogP contribution in [0.25, 0.3) is 10.9 Å². The highest BCUT2D eigenvalue weighted by Gasteiger charge is 2.04.